The van der Waals surface area contributed by atoms with Crippen LogP contribution in [0.1, 0.15) is 24.6 Å². The predicted octanol–water partition coefficient (Wildman–Crippen LogP) is 4.50. The number of nitrogens with one attached hydrogen (secondary N) is 1. The molecule has 26 heavy (non-hydrogen) atoms. The van der Waals surface area contributed by atoms with Crippen LogP contribution in [0, 0.1) is 0 Å². The average Bonchev–Trinajstić information content (AvgIpc) is 2.98. The van der Waals surface area contributed by atoms with Crippen molar-refractivity contribution in [2.24, 2.45) is 0 Å². The van der Waals surface area contributed by atoms with Gasteiger partial charge in [0.05, 0.1) is 5.69 Å². The molecule has 1 fully saturated rings. The number of likely N-dealkylation sites (N-methyl/N-ethyl adjacent to an activating group) is 1. The SMILES string of the molecule is CN(C)CCn1cc(-c2cccc(Cl)c2)nc1C1CCNCC1.Cl.Cl.Cl. The molecule has 148 valence electrons. The monoisotopic (exact) mass is 440 g/mol. The maximum atomic E-state index is 6.14. The number of rotatable bonds is 5. The first-order valence-electron chi connectivity index (χ1n) is 8.32. The second kappa shape index (κ2) is 12.1. The van der Waals surface area contributed by atoms with E-state index >= 15 is 0 Å². The van der Waals surface area contributed by atoms with Crippen LogP contribution in [0.15, 0.2) is 30.5 Å². The van der Waals surface area contributed by atoms with Crippen molar-refractivity contribution in [2.45, 2.75) is 25.3 Å². The van der Waals surface area contributed by atoms with Crippen molar-refractivity contribution in [1.29, 1.82) is 0 Å². The highest BCUT2D eigenvalue weighted by molar-refractivity contribution is 6.30. The first-order valence-corrected chi connectivity index (χ1v) is 8.70. The first kappa shape index (κ1) is 25.5. The molecule has 0 saturated carbocycles. The van der Waals surface area contributed by atoms with E-state index in [2.05, 4.69) is 41.1 Å². The molecule has 0 spiro atoms. The van der Waals surface area contributed by atoms with Gasteiger partial charge in [0.2, 0.25) is 0 Å². The number of aromatic nitrogens is 2. The molecule has 0 bridgehead atoms. The summed E-state index contributed by atoms with van der Waals surface area (Å²) in [7, 11) is 4.22. The van der Waals surface area contributed by atoms with Gasteiger partial charge < -0.3 is 14.8 Å². The highest BCUT2D eigenvalue weighted by atomic mass is 35.5. The summed E-state index contributed by atoms with van der Waals surface area (Å²) in [4.78, 5) is 7.19. The van der Waals surface area contributed by atoms with Gasteiger partial charge in [0, 0.05) is 35.8 Å². The van der Waals surface area contributed by atoms with E-state index < -0.39 is 0 Å². The summed E-state index contributed by atoms with van der Waals surface area (Å²) in [5, 5.41) is 4.20. The van der Waals surface area contributed by atoms with E-state index in [4.69, 9.17) is 16.6 Å². The summed E-state index contributed by atoms with van der Waals surface area (Å²) in [6.45, 7) is 4.15. The summed E-state index contributed by atoms with van der Waals surface area (Å²) < 4.78 is 2.34. The number of imidazole rings is 1. The van der Waals surface area contributed by atoms with Crippen molar-refractivity contribution in [2.75, 3.05) is 33.7 Å². The molecule has 1 aliphatic heterocycles. The summed E-state index contributed by atoms with van der Waals surface area (Å²) >= 11 is 6.14. The minimum Gasteiger partial charge on any atom is -0.333 e. The molecular formula is C18H28Cl4N4. The number of piperidine rings is 1. The fourth-order valence-electron chi connectivity index (χ4n) is 3.11. The van der Waals surface area contributed by atoms with Gasteiger partial charge in [0.1, 0.15) is 5.82 Å². The van der Waals surface area contributed by atoms with E-state index in [1.165, 1.54) is 5.82 Å². The van der Waals surface area contributed by atoms with Crippen molar-refractivity contribution in [3.8, 4) is 11.3 Å². The Labute approximate surface area is 179 Å². The molecule has 0 unspecified atom stereocenters. The fraction of sp³-hybridized carbons (Fsp3) is 0.500. The third-order valence-corrected chi connectivity index (χ3v) is 4.66. The van der Waals surface area contributed by atoms with Gasteiger partial charge in [-0.3, -0.25) is 0 Å². The molecular weight excluding hydrogens is 414 g/mol. The minimum absolute atomic E-state index is 0. The highest BCUT2D eigenvalue weighted by Gasteiger charge is 2.21. The molecule has 3 rings (SSSR count). The molecule has 2 aromatic rings. The predicted molar refractivity (Wildman–Crippen MR) is 118 cm³/mol. The van der Waals surface area contributed by atoms with Crippen molar-refractivity contribution in [3.63, 3.8) is 0 Å². The van der Waals surface area contributed by atoms with Crippen LogP contribution in [-0.2, 0) is 6.54 Å². The van der Waals surface area contributed by atoms with Crippen LogP contribution in [0.2, 0.25) is 5.02 Å². The van der Waals surface area contributed by atoms with Crippen LogP contribution in [-0.4, -0.2) is 48.2 Å². The fourth-order valence-corrected chi connectivity index (χ4v) is 3.30. The topological polar surface area (TPSA) is 33.1 Å². The van der Waals surface area contributed by atoms with Crippen molar-refractivity contribution in [3.05, 3.63) is 41.3 Å². The maximum Gasteiger partial charge on any atom is 0.112 e. The van der Waals surface area contributed by atoms with Gasteiger partial charge in [0.25, 0.3) is 0 Å². The Morgan fingerprint density at radius 1 is 1.19 bits per heavy atom. The lowest BCUT2D eigenvalue weighted by atomic mass is 9.97. The molecule has 0 aliphatic carbocycles. The molecule has 2 heterocycles. The van der Waals surface area contributed by atoms with E-state index in [9.17, 15) is 0 Å². The molecule has 0 amide bonds. The third kappa shape index (κ3) is 6.59. The van der Waals surface area contributed by atoms with Crippen molar-refractivity contribution in [1.82, 2.24) is 19.8 Å². The molecule has 4 nitrogen and oxygen atoms in total. The van der Waals surface area contributed by atoms with Crippen LogP contribution >= 0.6 is 48.8 Å². The first-order chi connectivity index (χ1) is 11.1. The number of hydrogen-bond donors (Lipinski definition) is 1. The Balaban J connectivity index is 0.00000208. The van der Waals surface area contributed by atoms with Gasteiger partial charge in [-0.2, -0.15) is 0 Å². The quantitative estimate of drug-likeness (QED) is 0.741. The second-order valence-electron chi connectivity index (χ2n) is 6.52. The van der Waals surface area contributed by atoms with Crippen LogP contribution in [0.4, 0.5) is 0 Å². The highest BCUT2D eigenvalue weighted by Crippen LogP contribution is 2.29. The number of nitrogens with zero attached hydrogens (tertiary/aromatic N) is 3. The van der Waals surface area contributed by atoms with E-state index in [1.807, 2.05) is 18.2 Å². The van der Waals surface area contributed by atoms with E-state index in [0.29, 0.717) is 5.92 Å². The number of halogens is 4. The zero-order valence-corrected chi connectivity index (χ0v) is 18.4. The number of hydrogen-bond acceptors (Lipinski definition) is 3. The standard InChI is InChI=1S/C18H25ClN4.3ClH/c1-22(2)10-11-23-13-17(15-4-3-5-16(19)12-15)21-18(23)14-6-8-20-9-7-14;;;/h3-5,12-14,20H,6-11H2,1-2H3;3*1H. The van der Waals surface area contributed by atoms with Crippen molar-refractivity contribution < 1.29 is 0 Å². The summed E-state index contributed by atoms with van der Waals surface area (Å²) in [5.41, 5.74) is 2.12. The molecule has 0 atom stereocenters. The van der Waals surface area contributed by atoms with Gasteiger partial charge in [-0.1, -0.05) is 23.7 Å². The zero-order chi connectivity index (χ0) is 16.2. The van der Waals surface area contributed by atoms with Crippen LogP contribution < -0.4 is 5.32 Å². The van der Waals surface area contributed by atoms with E-state index in [-0.39, 0.29) is 37.2 Å². The van der Waals surface area contributed by atoms with Crippen LogP contribution in [0.25, 0.3) is 11.3 Å². The minimum atomic E-state index is 0. The number of benzene rings is 1. The Kier molecular flexibility index (Phi) is 11.8. The normalized spacial score (nSPS) is 14.3. The maximum absolute atomic E-state index is 6.14. The summed E-state index contributed by atoms with van der Waals surface area (Å²) in [6, 6.07) is 7.96. The molecule has 1 saturated heterocycles. The molecule has 1 aromatic carbocycles. The second-order valence-corrected chi connectivity index (χ2v) is 6.95. The van der Waals surface area contributed by atoms with Gasteiger partial charge in [-0.15, -0.1) is 37.2 Å². The largest absolute Gasteiger partial charge is 0.333 e. The Hall–Kier alpha value is -0.490. The van der Waals surface area contributed by atoms with Crippen LogP contribution in [0.5, 0.6) is 0 Å². The third-order valence-electron chi connectivity index (χ3n) is 4.42. The van der Waals surface area contributed by atoms with Gasteiger partial charge >= 0.3 is 0 Å². The lowest BCUT2D eigenvalue weighted by Gasteiger charge is -2.23. The van der Waals surface area contributed by atoms with E-state index in [0.717, 1.165) is 55.3 Å². The smallest absolute Gasteiger partial charge is 0.112 e. The molecule has 1 aliphatic rings. The lowest BCUT2D eigenvalue weighted by molar-refractivity contribution is 0.369. The molecule has 0 radical (unpaired) electrons. The zero-order valence-electron chi connectivity index (χ0n) is 15.2. The average molecular weight is 442 g/mol. The van der Waals surface area contributed by atoms with Gasteiger partial charge in [-0.25, -0.2) is 4.98 Å². The van der Waals surface area contributed by atoms with Gasteiger partial charge in [-0.05, 0) is 52.2 Å². The van der Waals surface area contributed by atoms with Crippen molar-refractivity contribution >= 4 is 48.8 Å². The molecule has 1 N–H and O–H groups in total. The van der Waals surface area contributed by atoms with Gasteiger partial charge in [0.15, 0.2) is 0 Å². The Morgan fingerprint density at radius 2 is 1.88 bits per heavy atom. The Bertz CT molecular complexity index is 654. The molecule has 8 heteroatoms. The summed E-state index contributed by atoms with van der Waals surface area (Å²) in [6.07, 6.45) is 4.51. The lowest BCUT2D eigenvalue weighted by Crippen LogP contribution is -2.28. The molecule has 1 aromatic heterocycles. The summed E-state index contributed by atoms with van der Waals surface area (Å²) in [5.74, 6) is 1.77. The van der Waals surface area contributed by atoms with E-state index in [1.54, 1.807) is 0 Å². The van der Waals surface area contributed by atoms with Crippen LogP contribution in [0.3, 0.4) is 0 Å². The Morgan fingerprint density at radius 3 is 2.50 bits per heavy atom.